The summed E-state index contributed by atoms with van der Waals surface area (Å²) in [4.78, 5) is 14.8. The fraction of sp³-hybridized carbons (Fsp3) is 0.389. The van der Waals surface area contributed by atoms with Gasteiger partial charge in [0.1, 0.15) is 0 Å². The average Bonchev–Trinajstić information content (AvgIpc) is 2.54. The molecule has 0 bridgehead atoms. The first-order valence-electron chi connectivity index (χ1n) is 7.68. The molecule has 3 heteroatoms. The van der Waals surface area contributed by atoms with Crippen LogP contribution in [0.15, 0.2) is 42.5 Å². The number of likely N-dealkylation sites (tertiary alicyclic amines) is 1. The van der Waals surface area contributed by atoms with Crippen LogP contribution in [0, 0.1) is 11.8 Å². The molecule has 2 N–H and O–H groups in total. The number of amides is 1. The van der Waals surface area contributed by atoms with Gasteiger partial charge in [-0.05, 0) is 41.6 Å². The van der Waals surface area contributed by atoms with Crippen LogP contribution in [0.2, 0.25) is 0 Å². The number of hydrogen-bond donors (Lipinski definition) is 1. The van der Waals surface area contributed by atoms with Crippen LogP contribution in [-0.2, 0) is 0 Å². The van der Waals surface area contributed by atoms with E-state index in [4.69, 9.17) is 5.73 Å². The van der Waals surface area contributed by atoms with Gasteiger partial charge in [-0.25, -0.2) is 0 Å². The maximum absolute atomic E-state index is 12.9. The second kappa shape index (κ2) is 5.86. The Labute approximate surface area is 125 Å². The van der Waals surface area contributed by atoms with E-state index in [9.17, 15) is 4.79 Å². The first kappa shape index (κ1) is 14.1. The van der Waals surface area contributed by atoms with Crippen LogP contribution >= 0.6 is 0 Å². The molecule has 3 rings (SSSR count). The molecule has 1 saturated heterocycles. The standard InChI is InChI=1S/C18H22N2O/c1-13-9-10-20(12-15(13)11-19)18(21)17-8-4-6-14-5-2-3-7-16(14)17/h2-8,13,15H,9-12,19H2,1H3. The first-order chi connectivity index (χ1) is 10.2. The molecule has 0 radical (unpaired) electrons. The summed E-state index contributed by atoms with van der Waals surface area (Å²) >= 11 is 0. The Hall–Kier alpha value is -1.87. The molecule has 1 fully saturated rings. The van der Waals surface area contributed by atoms with Crippen molar-refractivity contribution in [3.63, 3.8) is 0 Å². The van der Waals surface area contributed by atoms with Gasteiger partial charge in [-0.2, -0.15) is 0 Å². The quantitative estimate of drug-likeness (QED) is 0.920. The summed E-state index contributed by atoms with van der Waals surface area (Å²) in [5, 5.41) is 2.15. The zero-order valence-corrected chi connectivity index (χ0v) is 12.5. The highest BCUT2D eigenvalue weighted by molar-refractivity contribution is 6.07. The average molecular weight is 282 g/mol. The van der Waals surface area contributed by atoms with Crippen LogP contribution in [-0.4, -0.2) is 30.4 Å². The van der Waals surface area contributed by atoms with Crippen molar-refractivity contribution in [1.82, 2.24) is 4.90 Å². The second-order valence-corrected chi connectivity index (χ2v) is 6.04. The number of carbonyl (C=O) groups excluding carboxylic acids is 1. The zero-order chi connectivity index (χ0) is 14.8. The molecule has 1 aliphatic heterocycles. The summed E-state index contributed by atoms with van der Waals surface area (Å²) in [5.74, 6) is 1.15. The molecule has 0 spiro atoms. The van der Waals surface area contributed by atoms with Crippen LogP contribution in [0.4, 0.5) is 0 Å². The number of fused-ring (bicyclic) bond motifs is 1. The van der Waals surface area contributed by atoms with Crippen LogP contribution in [0.25, 0.3) is 10.8 Å². The minimum absolute atomic E-state index is 0.136. The molecule has 21 heavy (non-hydrogen) atoms. The van der Waals surface area contributed by atoms with E-state index in [1.54, 1.807) is 0 Å². The van der Waals surface area contributed by atoms with Gasteiger partial charge in [0.2, 0.25) is 0 Å². The number of nitrogens with two attached hydrogens (primary N) is 1. The minimum Gasteiger partial charge on any atom is -0.338 e. The van der Waals surface area contributed by atoms with E-state index in [0.717, 1.165) is 35.8 Å². The number of nitrogens with zero attached hydrogens (tertiary/aromatic N) is 1. The van der Waals surface area contributed by atoms with Gasteiger partial charge in [0.25, 0.3) is 5.91 Å². The molecule has 0 aromatic heterocycles. The van der Waals surface area contributed by atoms with Gasteiger partial charge in [0.15, 0.2) is 0 Å². The van der Waals surface area contributed by atoms with Gasteiger partial charge >= 0.3 is 0 Å². The lowest BCUT2D eigenvalue weighted by molar-refractivity contribution is 0.0620. The van der Waals surface area contributed by atoms with Gasteiger partial charge in [-0.1, -0.05) is 43.3 Å². The van der Waals surface area contributed by atoms with Crippen LogP contribution in [0.5, 0.6) is 0 Å². The SMILES string of the molecule is CC1CCN(C(=O)c2cccc3ccccc23)CC1CN. The monoisotopic (exact) mass is 282 g/mol. The minimum atomic E-state index is 0.136. The molecular formula is C18H22N2O. The van der Waals surface area contributed by atoms with Crippen molar-refractivity contribution in [2.24, 2.45) is 17.6 Å². The number of hydrogen-bond acceptors (Lipinski definition) is 2. The molecule has 0 aliphatic carbocycles. The topological polar surface area (TPSA) is 46.3 Å². The summed E-state index contributed by atoms with van der Waals surface area (Å²) in [6, 6.07) is 14.0. The van der Waals surface area contributed by atoms with E-state index in [-0.39, 0.29) is 5.91 Å². The summed E-state index contributed by atoms with van der Waals surface area (Å²) < 4.78 is 0. The van der Waals surface area contributed by atoms with Gasteiger partial charge in [-0.15, -0.1) is 0 Å². The third-order valence-electron chi connectivity index (χ3n) is 4.72. The largest absolute Gasteiger partial charge is 0.338 e. The maximum Gasteiger partial charge on any atom is 0.254 e. The fourth-order valence-electron chi connectivity index (χ4n) is 3.22. The highest BCUT2D eigenvalue weighted by Crippen LogP contribution is 2.26. The van der Waals surface area contributed by atoms with Gasteiger partial charge in [0, 0.05) is 18.7 Å². The molecule has 2 atom stereocenters. The van der Waals surface area contributed by atoms with E-state index in [0.29, 0.717) is 18.4 Å². The Morgan fingerprint density at radius 3 is 2.81 bits per heavy atom. The summed E-state index contributed by atoms with van der Waals surface area (Å²) in [5.41, 5.74) is 6.65. The second-order valence-electron chi connectivity index (χ2n) is 6.04. The van der Waals surface area contributed by atoms with E-state index >= 15 is 0 Å². The summed E-state index contributed by atoms with van der Waals surface area (Å²) in [6.07, 6.45) is 1.04. The number of benzene rings is 2. The normalized spacial score (nSPS) is 22.5. The third kappa shape index (κ3) is 2.66. The molecule has 2 aromatic rings. The molecule has 1 heterocycles. The molecule has 3 nitrogen and oxygen atoms in total. The highest BCUT2D eigenvalue weighted by Gasteiger charge is 2.28. The Morgan fingerprint density at radius 2 is 2.00 bits per heavy atom. The van der Waals surface area contributed by atoms with Crippen molar-refractivity contribution in [2.75, 3.05) is 19.6 Å². The fourth-order valence-corrected chi connectivity index (χ4v) is 3.22. The molecule has 1 amide bonds. The highest BCUT2D eigenvalue weighted by atomic mass is 16.2. The lowest BCUT2D eigenvalue weighted by atomic mass is 9.87. The van der Waals surface area contributed by atoms with Crippen LogP contribution in [0.3, 0.4) is 0 Å². The van der Waals surface area contributed by atoms with Crippen molar-refractivity contribution in [2.45, 2.75) is 13.3 Å². The number of piperidine rings is 1. The van der Waals surface area contributed by atoms with Gasteiger partial charge in [0.05, 0.1) is 0 Å². The smallest absolute Gasteiger partial charge is 0.254 e. The lowest BCUT2D eigenvalue weighted by Crippen LogP contribution is -2.45. The zero-order valence-electron chi connectivity index (χ0n) is 12.5. The van der Waals surface area contributed by atoms with Crippen molar-refractivity contribution < 1.29 is 4.79 Å². The molecular weight excluding hydrogens is 260 g/mol. The van der Waals surface area contributed by atoms with Crippen molar-refractivity contribution in [3.8, 4) is 0 Å². The lowest BCUT2D eigenvalue weighted by Gasteiger charge is -2.36. The predicted molar refractivity (Wildman–Crippen MR) is 86.2 cm³/mol. The van der Waals surface area contributed by atoms with E-state index in [1.807, 2.05) is 47.4 Å². The van der Waals surface area contributed by atoms with Gasteiger partial charge < -0.3 is 10.6 Å². The van der Waals surface area contributed by atoms with Crippen molar-refractivity contribution >= 4 is 16.7 Å². The van der Waals surface area contributed by atoms with Crippen molar-refractivity contribution in [3.05, 3.63) is 48.0 Å². The van der Waals surface area contributed by atoms with E-state index < -0.39 is 0 Å². The van der Waals surface area contributed by atoms with Crippen LogP contribution in [0.1, 0.15) is 23.7 Å². The Balaban J connectivity index is 1.90. The maximum atomic E-state index is 12.9. The van der Waals surface area contributed by atoms with Gasteiger partial charge in [-0.3, -0.25) is 4.79 Å². The Morgan fingerprint density at radius 1 is 1.24 bits per heavy atom. The Bertz CT molecular complexity index is 647. The molecule has 110 valence electrons. The molecule has 0 saturated carbocycles. The Kier molecular flexibility index (Phi) is 3.93. The molecule has 1 aliphatic rings. The van der Waals surface area contributed by atoms with E-state index in [1.165, 1.54) is 0 Å². The number of carbonyl (C=O) groups is 1. The molecule has 2 aromatic carbocycles. The first-order valence-corrected chi connectivity index (χ1v) is 7.68. The third-order valence-corrected chi connectivity index (χ3v) is 4.72. The number of rotatable bonds is 2. The molecule has 2 unspecified atom stereocenters. The summed E-state index contributed by atoms with van der Waals surface area (Å²) in [7, 11) is 0. The van der Waals surface area contributed by atoms with Crippen LogP contribution < -0.4 is 5.73 Å². The van der Waals surface area contributed by atoms with E-state index in [2.05, 4.69) is 6.92 Å². The predicted octanol–water partition coefficient (Wildman–Crippen LogP) is 2.90. The summed E-state index contributed by atoms with van der Waals surface area (Å²) in [6.45, 7) is 4.50. The van der Waals surface area contributed by atoms with Crippen molar-refractivity contribution in [1.29, 1.82) is 0 Å².